The molecule has 2 spiro atoms. The second-order valence-electron chi connectivity index (χ2n) is 15.6. The van der Waals surface area contributed by atoms with E-state index in [2.05, 4.69) is 44.3 Å². The van der Waals surface area contributed by atoms with Crippen molar-refractivity contribution in [1.82, 2.24) is 4.90 Å². The number of hydrogen-bond donors (Lipinski definition) is 3. The highest BCUT2D eigenvalue weighted by molar-refractivity contribution is 6.10. The molecule has 3 fully saturated rings. The molecule has 0 heterocycles. The van der Waals surface area contributed by atoms with Gasteiger partial charge in [-0.25, -0.2) is 4.79 Å². The molecule has 8 unspecified atom stereocenters. The monoisotopic (exact) mass is 638 g/mol. The molecule has 0 aliphatic heterocycles. The number of methoxy groups -OCH3 is 1. The van der Waals surface area contributed by atoms with Gasteiger partial charge in [0.25, 0.3) is 0 Å². The molecule has 8 rings (SSSR count). The third kappa shape index (κ3) is 4.59. The third-order valence-electron chi connectivity index (χ3n) is 13.6. The summed E-state index contributed by atoms with van der Waals surface area (Å²) in [6.07, 6.45) is 12.6. The summed E-state index contributed by atoms with van der Waals surface area (Å²) in [7, 11) is 1.62. The van der Waals surface area contributed by atoms with E-state index in [1.807, 2.05) is 54.6 Å². The van der Waals surface area contributed by atoms with Gasteiger partial charge in [0.15, 0.2) is 5.78 Å². The predicted octanol–water partition coefficient (Wildman–Crippen LogP) is 7.41. The number of rotatable bonds is 8. The Hall–Kier alpha value is -3.42. The highest BCUT2D eigenvalue weighted by Crippen LogP contribution is 2.78. The number of nitrogens with one attached hydrogen (secondary N) is 1. The fraction of sp³-hybridized carbons (Fsp3) is 0.550. The van der Waals surface area contributed by atoms with Gasteiger partial charge in [-0.05, 0) is 105 Å². The van der Waals surface area contributed by atoms with Crippen LogP contribution in [0.4, 0.5) is 10.5 Å². The molecule has 0 radical (unpaired) electrons. The molecule has 7 nitrogen and oxygen atoms in total. The standard InChI is InChI=1S/C40H50N2O5/c1-5-23-42(35(45)41-28-9-7-6-8-10-28)26-39(46)20-17-33-37(39,3)19-16-32-36(2)18-15-29(43)24-38(36)21-22-40(32,33)31(25-38)34(44)27-11-13-30(47-4)14-12-27/h6-14,21-22,25,29,32-33,43,46H,5,15-20,23-24,26H2,1-4H3,(H,41,45). The molecule has 2 amide bonds. The highest BCUT2D eigenvalue weighted by atomic mass is 16.5. The van der Waals surface area contributed by atoms with Crippen LogP contribution in [-0.4, -0.2) is 58.8 Å². The number of Topliss-reactive ketones (excluding diaryl/α,β-unsaturated/α-hetero) is 1. The number of carbonyl (C=O) groups is 2. The number of ketones is 1. The van der Waals surface area contributed by atoms with E-state index in [4.69, 9.17) is 4.74 Å². The molecule has 0 aromatic heterocycles. The lowest BCUT2D eigenvalue weighted by Crippen LogP contribution is -2.67. The first-order valence-corrected chi connectivity index (χ1v) is 17.6. The fourth-order valence-electron chi connectivity index (χ4n) is 11.1. The molecule has 2 aromatic rings. The van der Waals surface area contributed by atoms with Gasteiger partial charge in [0.05, 0.1) is 25.4 Å². The molecule has 250 valence electrons. The molecule has 0 saturated heterocycles. The Kier molecular flexibility index (Phi) is 7.75. The van der Waals surface area contributed by atoms with Gasteiger partial charge < -0.3 is 25.2 Å². The van der Waals surface area contributed by atoms with Crippen LogP contribution < -0.4 is 10.1 Å². The molecule has 3 saturated carbocycles. The van der Waals surface area contributed by atoms with Gasteiger partial charge in [-0.1, -0.05) is 57.2 Å². The van der Waals surface area contributed by atoms with E-state index < -0.39 is 22.5 Å². The van der Waals surface area contributed by atoms with Gasteiger partial charge in [0.1, 0.15) is 5.75 Å². The minimum atomic E-state index is -1.11. The van der Waals surface area contributed by atoms with Crippen molar-refractivity contribution >= 4 is 17.5 Å². The van der Waals surface area contributed by atoms with Crippen LogP contribution in [0.5, 0.6) is 5.75 Å². The molecule has 2 aromatic carbocycles. The Morgan fingerprint density at radius 3 is 2.32 bits per heavy atom. The van der Waals surface area contributed by atoms with Crippen molar-refractivity contribution in [1.29, 1.82) is 0 Å². The van der Waals surface area contributed by atoms with Crippen LogP contribution in [0.2, 0.25) is 0 Å². The predicted molar refractivity (Wildman–Crippen MR) is 183 cm³/mol. The van der Waals surface area contributed by atoms with E-state index in [-0.39, 0.29) is 41.0 Å². The molecule has 47 heavy (non-hydrogen) atoms. The summed E-state index contributed by atoms with van der Waals surface area (Å²) in [4.78, 5) is 30.2. The number of para-hydroxylation sites is 1. The number of carbonyl (C=O) groups excluding carboxylic acids is 2. The number of hydrogen-bond acceptors (Lipinski definition) is 5. The lowest BCUT2D eigenvalue weighted by molar-refractivity contribution is -0.174. The van der Waals surface area contributed by atoms with Crippen molar-refractivity contribution in [2.24, 2.45) is 33.5 Å². The number of aliphatic hydroxyl groups is 2. The quantitative estimate of drug-likeness (QED) is 0.207. The van der Waals surface area contributed by atoms with Crippen LogP contribution in [0.15, 0.2) is 78.4 Å². The number of urea groups is 1. The van der Waals surface area contributed by atoms with Gasteiger partial charge in [0.2, 0.25) is 0 Å². The maximum atomic E-state index is 14.7. The van der Waals surface area contributed by atoms with E-state index in [1.165, 1.54) is 0 Å². The molecule has 7 heteroatoms. The van der Waals surface area contributed by atoms with Crippen molar-refractivity contribution in [3.05, 3.63) is 84.0 Å². The van der Waals surface area contributed by atoms with Crippen molar-refractivity contribution in [2.75, 3.05) is 25.5 Å². The maximum absolute atomic E-state index is 14.7. The van der Waals surface area contributed by atoms with Crippen molar-refractivity contribution < 1.29 is 24.5 Å². The third-order valence-corrected chi connectivity index (χ3v) is 13.6. The molecule has 6 aliphatic rings. The summed E-state index contributed by atoms with van der Waals surface area (Å²) in [6, 6.07) is 16.7. The summed E-state index contributed by atoms with van der Waals surface area (Å²) >= 11 is 0. The topological polar surface area (TPSA) is 99.1 Å². The lowest BCUT2D eigenvalue weighted by atomic mass is 9.32. The van der Waals surface area contributed by atoms with Crippen molar-refractivity contribution in [3.8, 4) is 5.75 Å². The first kappa shape index (κ1) is 32.1. The zero-order chi connectivity index (χ0) is 33.2. The second-order valence-corrected chi connectivity index (χ2v) is 15.6. The SMILES string of the molecule is CCCN(CC1(O)CCC2C34C=CC5(C=C3C(=O)c3ccc(OC)cc3)CC(O)CCC5(C)C4CCC21C)C(=O)Nc1ccccc1. The minimum absolute atomic E-state index is 0.0195. The average Bonchev–Trinajstić information content (AvgIpc) is 3.34. The van der Waals surface area contributed by atoms with E-state index in [0.717, 1.165) is 49.8 Å². The number of ether oxygens (including phenoxy) is 1. The molecule has 2 bridgehead atoms. The molecule has 3 N–H and O–H groups in total. The average molecular weight is 639 g/mol. The lowest BCUT2D eigenvalue weighted by Gasteiger charge is -2.71. The van der Waals surface area contributed by atoms with Crippen LogP contribution in [0.25, 0.3) is 0 Å². The number of benzene rings is 2. The first-order chi connectivity index (χ1) is 22.5. The summed E-state index contributed by atoms with van der Waals surface area (Å²) in [5.74, 6) is 0.963. The van der Waals surface area contributed by atoms with E-state index >= 15 is 0 Å². The van der Waals surface area contributed by atoms with Crippen LogP contribution in [0.3, 0.4) is 0 Å². The van der Waals surface area contributed by atoms with Crippen LogP contribution >= 0.6 is 0 Å². The number of aliphatic hydroxyl groups excluding tert-OH is 1. The largest absolute Gasteiger partial charge is 0.497 e. The number of anilines is 1. The van der Waals surface area contributed by atoms with E-state index in [0.29, 0.717) is 30.7 Å². The first-order valence-electron chi connectivity index (χ1n) is 17.6. The number of amides is 2. The summed E-state index contributed by atoms with van der Waals surface area (Å²) in [5, 5.41) is 26.8. The van der Waals surface area contributed by atoms with Crippen molar-refractivity contribution in [2.45, 2.75) is 83.8 Å². The Bertz CT molecular complexity index is 1600. The number of fused-ring (bicyclic) bond motifs is 1. The number of nitrogens with zero attached hydrogens (tertiary/aromatic N) is 1. The smallest absolute Gasteiger partial charge is 0.321 e. The van der Waals surface area contributed by atoms with Gasteiger partial charge in [-0.15, -0.1) is 0 Å². The summed E-state index contributed by atoms with van der Waals surface area (Å²) in [6.45, 7) is 7.46. The number of allylic oxidation sites excluding steroid dienone is 4. The molecular weight excluding hydrogens is 588 g/mol. The van der Waals surface area contributed by atoms with Crippen LogP contribution in [-0.2, 0) is 0 Å². The Morgan fingerprint density at radius 2 is 1.62 bits per heavy atom. The van der Waals surface area contributed by atoms with Crippen LogP contribution in [0, 0.1) is 33.5 Å². The zero-order valence-electron chi connectivity index (χ0n) is 28.3. The summed E-state index contributed by atoms with van der Waals surface area (Å²) in [5.41, 5.74) is -0.471. The molecule has 6 aliphatic carbocycles. The Balaban J connectivity index is 1.28. The van der Waals surface area contributed by atoms with Gasteiger partial charge in [0, 0.05) is 39.6 Å². The Morgan fingerprint density at radius 1 is 0.936 bits per heavy atom. The van der Waals surface area contributed by atoms with E-state index in [1.54, 1.807) is 12.0 Å². The normalized spacial score (nSPS) is 38.1. The minimum Gasteiger partial charge on any atom is -0.497 e. The van der Waals surface area contributed by atoms with Gasteiger partial charge in [-0.3, -0.25) is 4.79 Å². The zero-order valence-corrected chi connectivity index (χ0v) is 28.3. The molecule has 8 atom stereocenters. The maximum Gasteiger partial charge on any atom is 0.321 e. The fourth-order valence-corrected chi connectivity index (χ4v) is 11.1. The van der Waals surface area contributed by atoms with Gasteiger partial charge in [-0.2, -0.15) is 0 Å². The van der Waals surface area contributed by atoms with Crippen molar-refractivity contribution in [3.63, 3.8) is 0 Å². The van der Waals surface area contributed by atoms with Crippen LogP contribution in [0.1, 0.15) is 82.5 Å². The van der Waals surface area contributed by atoms with E-state index in [9.17, 15) is 19.8 Å². The summed E-state index contributed by atoms with van der Waals surface area (Å²) < 4.78 is 5.39. The second kappa shape index (κ2) is 11.3. The highest BCUT2D eigenvalue weighted by Gasteiger charge is 2.74. The van der Waals surface area contributed by atoms with Gasteiger partial charge >= 0.3 is 6.03 Å². The molecular formula is C40H50N2O5. The Labute approximate surface area is 279 Å².